The Kier molecular flexibility index (Phi) is 8.29. The molecular weight excluding hydrogens is 534 g/mol. The maximum absolute atomic E-state index is 12.6. The van der Waals surface area contributed by atoms with Crippen LogP contribution in [0.5, 0.6) is 5.75 Å². The molecule has 1 aliphatic heterocycles. The van der Waals surface area contributed by atoms with Gasteiger partial charge in [0.1, 0.15) is 11.8 Å². The second-order valence-corrected chi connectivity index (χ2v) is 8.36. The SMILES string of the molecule is CCOC(=O)COc1c(Br)cc(/C=C2/SC(=O)N([C@H](C)C(=O)OC)C2=O)cc1Br. The van der Waals surface area contributed by atoms with Crippen molar-refractivity contribution < 1.29 is 33.4 Å². The first kappa shape index (κ1) is 23.4. The number of rotatable bonds is 7. The summed E-state index contributed by atoms with van der Waals surface area (Å²) in [6.07, 6.45) is 1.53. The largest absolute Gasteiger partial charge is 0.480 e. The maximum atomic E-state index is 12.6. The summed E-state index contributed by atoms with van der Waals surface area (Å²) in [6, 6.07) is 2.32. The average Bonchev–Trinajstić information content (AvgIpc) is 2.93. The van der Waals surface area contributed by atoms with Crippen molar-refractivity contribution in [2.75, 3.05) is 20.3 Å². The number of benzene rings is 1. The smallest absolute Gasteiger partial charge is 0.344 e. The molecule has 1 aromatic rings. The molecule has 1 fully saturated rings. The standard InChI is InChI=1S/C18H17Br2NO7S/c1-4-27-14(22)8-28-15-11(19)5-10(6-12(15)20)7-13-16(23)21(18(25)29-13)9(2)17(24)26-3/h5-7,9H,4,8H2,1-3H3/b13-7+/t9-/m1/s1. The van der Waals surface area contributed by atoms with E-state index in [1.807, 2.05) is 0 Å². The first-order valence-electron chi connectivity index (χ1n) is 8.31. The van der Waals surface area contributed by atoms with Crippen LogP contribution in [0.1, 0.15) is 19.4 Å². The predicted octanol–water partition coefficient (Wildman–Crippen LogP) is 3.75. The number of imide groups is 1. The number of carbonyl (C=O) groups excluding carboxylic acids is 4. The van der Waals surface area contributed by atoms with Gasteiger partial charge in [-0.25, -0.2) is 9.59 Å². The van der Waals surface area contributed by atoms with Crippen LogP contribution in [0.4, 0.5) is 4.79 Å². The molecule has 2 amide bonds. The molecule has 0 unspecified atom stereocenters. The second-order valence-electron chi connectivity index (χ2n) is 5.66. The Balaban J connectivity index is 2.22. The minimum absolute atomic E-state index is 0.171. The third-order valence-corrected chi connectivity index (χ3v) is 5.77. The Morgan fingerprint density at radius 1 is 1.24 bits per heavy atom. The van der Waals surface area contributed by atoms with Crippen LogP contribution in [-0.2, 0) is 23.9 Å². The van der Waals surface area contributed by atoms with E-state index in [1.165, 1.54) is 20.1 Å². The zero-order valence-electron chi connectivity index (χ0n) is 15.7. The number of halogens is 2. The van der Waals surface area contributed by atoms with Crippen LogP contribution in [0.15, 0.2) is 26.0 Å². The number of methoxy groups -OCH3 is 1. The number of amides is 2. The molecular formula is C18H17Br2NO7S. The van der Waals surface area contributed by atoms with Crippen LogP contribution >= 0.6 is 43.6 Å². The molecule has 0 saturated carbocycles. The van der Waals surface area contributed by atoms with E-state index in [1.54, 1.807) is 19.1 Å². The third-order valence-electron chi connectivity index (χ3n) is 3.71. The molecule has 1 aliphatic rings. The summed E-state index contributed by atoms with van der Waals surface area (Å²) in [6.45, 7) is 3.13. The number of thioether (sulfide) groups is 1. The molecule has 0 N–H and O–H groups in total. The van der Waals surface area contributed by atoms with Crippen molar-refractivity contribution in [3.8, 4) is 5.75 Å². The molecule has 1 heterocycles. The monoisotopic (exact) mass is 549 g/mol. The number of ether oxygens (including phenoxy) is 3. The molecule has 11 heteroatoms. The van der Waals surface area contributed by atoms with Crippen LogP contribution in [0.25, 0.3) is 6.08 Å². The summed E-state index contributed by atoms with van der Waals surface area (Å²) in [5, 5.41) is -0.549. The molecule has 0 radical (unpaired) electrons. The van der Waals surface area contributed by atoms with Gasteiger partial charge in [-0.05, 0) is 81.2 Å². The van der Waals surface area contributed by atoms with Crippen molar-refractivity contribution >= 4 is 72.8 Å². The van der Waals surface area contributed by atoms with Gasteiger partial charge < -0.3 is 14.2 Å². The van der Waals surface area contributed by atoms with Crippen LogP contribution in [0.3, 0.4) is 0 Å². The fourth-order valence-corrected chi connectivity index (χ4v) is 4.73. The Morgan fingerprint density at radius 2 is 1.86 bits per heavy atom. The minimum Gasteiger partial charge on any atom is -0.480 e. The van der Waals surface area contributed by atoms with Gasteiger partial charge in [-0.3, -0.25) is 14.5 Å². The molecule has 29 heavy (non-hydrogen) atoms. The van der Waals surface area contributed by atoms with Gasteiger partial charge in [0.15, 0.2) is 6.61 Å². The van der Waals surface area contributed by atoms with Crippen LogP contribution in [0.2, 0.25) is 0 Å². The molecule has 1 aromatic carbocycles. The van der Waals surface area contributed by atoms with Crippen molar-refractivity contribution in [2.45, 2.75) is 19.9 Å². The molecule has 0 bridgehead atoms. The minimum atomic E-state index is -1.02. The van der Waals surface area contributed by atoms with Gasteiger partial charge in [0, 0.05) is 0 Å². The van der Waals surface area contributed by atoms with Crippen molar-refractivity contribution in [2.24, 2.45) is 0 Å². The first-order valence-corrected chi connectivity index (χ1v) is 10.7. The highest BCUT2D eigenvalue weighted by Gasteiger charge is 2.41. The lowest BCUT2D eigenvalue weighted by atomic mass is 10.2. The zero-order valence-corrected chi connectivity index (χ0v) is 19.7. The lowest BCUT2D eigenvalue weighted by molar-refractivity contribution is -0.148. The molecule has 0 aliphatic carbocycles. The lowest BCUT2D eigenvalue weighted by Crippen LogP contribution is -2.42. The summed E-state index contributed by atoms with van der Waals surface area (Å²) in [4.78, 5) is 48.9. The average molecular weight is 551 g/mol. The van der Waals surface area contributed by atoms with Gasteiger partial charge in [-0.2, -0.15) is 0 Å². The topological polar surface area (TPSA) is 99.2 Å². The summed E-state index contributed by atoms with van der Waals surface area (Å²) < 4.78 is 15.9. The molecule has 1 atom stereocenters. The van der Waals surface area contributed by atoms with Gasteiger partial charge in [-0.1, -0.05) is 0 Å². The van der Waals surface area contributed by atoms with E-state index in [2.05, 4.69) is 36.6 Å². The molecule has 8 nitrogen and oxygen atoms in total. The van der Waals surface area contributed by atoms with Crippen LogP contribution in [-0.4, -0.2) is 54.4 Å². The molecule has 2 rings (SSSR count). The highest BCUT2D eigenvalue weighted by Crippen LogP contribution is 2.38. The summed E-state index contributed by atoms with van der Waals surface area (Å²) >= 11 is 7.46. The Morgan fingerprint density at radius 3 is 2.41 bits per heavy atom. The fourth-order valence-electron chi connectivity index (χ4n) is 2.38. The molecule has 156 valence electrons. The summed E-state index contributed by atoms with van der Waals surface area (Å²) in [7, 11) is 1.19. The zero-order chi connectivity index (χ0) is 21.7. The Labute approximate surface area is 188 Å². The van der Waals surface area contributed by atoms with E-state index in [-0.39, 0.29) is 18.1 Å². The van der Waals surface area contributed by atoms with E-state index < -0.39 is 29.1 Å². The van der Waals surface area contributed by atoms with Gasteiger partial charge in [0.2, 0.25) is 0 Å². The maximum Gasteiger partial charge on any atom is 0.344 e. The first-order chi connectivity index (χ1) is 13.7. The van der Waals surface area contributed by atoms with E-state index >= 15 is 0 Å². The van der Waals surface area contributed by atoms with Crippen molar-refractivity contribution in [3.05, 3.63) is 31.5 Å². The number of hydrogen-bond donors (Lipinski definition) is 0. The number of carbonyl (C=O) groups is 4. The number of esters is 2. The highest BCUT2D eigenvalue weighted by atomic mass is 79.9. The third kappa shape index (κ3) is 5.61. The highest BCUT2D eigenvalue weighted by molar-refractivity contribution is 9.11. The van der Waals surface area contributed by atoms with Gasteiger partial charge in [0.05, 0.1) is 27.6 Å². The predicted molar refractivity (Wildman–Crippen MR) is 113 cm³/mol. The van der Waals surface area contributed by atoms with Crippen LogP contribution < -0.4 is 4.74 Å². The van der Waals surface area contributed by atoms with E-state index in [4.69, 9.17) is 9.47 Å². The van der Waals surface area contributed by atoms with Crippen molar-refractivity contribution in [1.82, 2.24) is 4.90 Å². The van der Waals surface area contributed by atoms with E-state index in [9.17, 15) is 19.2 Å². The number of nitrogens with zero attached hydrogens (tertiary/aromatic N) is 1. The fraction of sp³-hybridized carbons (Fsp3) is 0.333. The van der Waals surface area contributed by atoms with Gasteiger partial charge in [0.25, 0.3) is 11.1 Å². The van der Waals surface area contributed by atoms with Crippen LogP contribution in [0, 0.1) is 0 Å². The lowest BCUT2D eigenvalue weighted by Gasteiger charge is -2.18. The van der Waals surface area contributed by atoms with E-state index in [0.717, 1.165) is 16.7 Å². The second kappa shape index (κ2) is 10.3. The van der Waals surface area contributed by atoms with Gasteiger partial charge >= 0.3 is 11.9 Å². The normalized spacial score (nSPS) is 16.2. The summed E-state index contributed by atoms with van der Waals surface area (Å²) in [5.74, 6) is -1.36. The molecule has 0 aromatic heterocycles. The Hall–Kier alpha value is -1.85. The van der Waals surface area contributed by atoms with E-state index in [0.29, 0.717) is 20.3 Å². The molecule has 0 spiro atoms. The molecule has 1 saturated heterocycles. The van der Waals surface area contributed by atoms with Gasteiger partial charge in [-0.15, -0.1) is 0 Å². The summed E-state index contributed by atoms with van der Waals surface area (Å²) in [5.41, 5.74) is 0.600. The quantitative estimate of drug-likeness (QED) is 0.374. The van der Waals surface area contributed by atoms with Crippen molar-refractivity contribution in [1.29, 1.82) is 0 Å². The van der Waals surface area contributed by atoms with Crippen molar-refractivity contribution in [3.63, 3.8) is 0 Å². The number of hydrogen-bond acceptors (Lipinski definition) is 8. The Bertz CT molecular complexity index is 864.